The number of rotatable bonds is 4. The lowest BCUT2D eigenvalue weighted by Gasteiger charge is -2.41. The van der Waals surface area contributed by atoms with Gasteiger partial charge in [-0.15, -0.1) is 0 Å². The van der Waals surface area contributed by atoms with Crippen molar-refractivity contribution >= 4 is 0 Å². The summed E-state index contributed by atoms with van der Waals surface area (Å²) in [4.78, 5) is 2.57. The van der Waals surface area contributed by atoms with Crippen LogP contribution in [0.25, 0.3) is 0 Å². The molecular weight excluding hydrogens is 212 g/mol. The number of nitrogens with one attached hydrogen (secondary N) is 1. The van der Waals surface area contributed by atoms with Crippen LogP contribution in [-0.2, 0) is 0 Å². The third-order valence-corrected chi connectivity index (χ3v) is 4.71. The zero-order valence-electron chi connectivity index (χ0n) is 11.5. The minimum absolute atomic E-state index is 0.414. The Bertz CT molecular complexity index is 237. The highest BCUT2D eigenvalue weighted by Gasteiger charge is 2.37. The van der Waals surface area contributed by atoms with Gasteiger partial charge in [-0.05, 0) is 45.1 Å². The maximum absolute atomic E-state index is 9.98. The van der Waals surface area contributed by atoms with E-state index in [-0.39, 0.29) is 0 Å². The average molecular weight is 240 g/mol. The lowest BCUT2D eigenvalue weighted by atomic mass is 9.84. The summed E-state index contributed by atoms with van der Waals surface area (Å²) in [5, 5.41) is 13.4. The molecule has 0 aromatic carbocycles. The summed E-state index contributed by atoms with van der Waals surface area (Å²) in [6, 6.07) is 0. The van der Waals surface area contributed by atoms with Crippen LogP contribution in [-0.4, -0.2) is 48.8 Å². The van der Waals surface area contributed by atoms with Gasteiger partial charge >= 0.3 is 0 Å². The molecule has 0 bridgehead atoms. The predicted molar refractivity (Wildman–Crippen MR) is 71.1 cm³/mol. The van der Waals surface area contributed by atoms with Gasteiger partial charge in [0.05, 0.1) is 5.60 Å². The molecule has 0 aromatic heterocycles. The van der Waals surface area contributed by atoms with Crippen LogP contribution in [0.2, 0.25) is 0 Å². The maximum Gasteiger partial charge on any atom is 0.0644 e. The SMILES string of the molecule is CNCC1(CN2CCC(C)(O)CC2)CCCC1. The third-order valence-electron chi connectivity index (χ3n) is 4.71. The van der Waals surface area contributed by atoms with Gasteiger partial charge in [0.1, 0.15) is 0 Å². The van der Waals surface area contributed by atoms with Crippen molar-refractivity contribution in [3.63, 3.8) is 0 Å². The van der Waals surface area contributed by atoms with Gasteiger partial charge in [-0.25, -0.2) is 0 Å². The van der Waals surface area contributed by atoms with Gasteiger partial charge in [-0.1, -0.05) is 12.8 Å². The lowest BCUT2D eigenvalue weighted by molar-refractivity contribution is -0.0154. The number of hydrogen-bond donors (Lipinski definition) is 2. The second-order valence-electron chi connectivity index (χ2n) is 6.51. The van der Waals surface area contributed by atoms with E-state index < -0.39 is 5.60 Å². The molecule has 1 saturated heterocycles. The topological polar surface area (TPSA) is 35.5 Å². The minimum atomic E-state index is -0.414. The quantitative estimate of drug-likeness (QED) is 0.784. The first-order valence-corrected chi connectivity index (χ1v) is 7.15. The number of aliphatic hydroxyl groups is 1. The van der Waals surface area contributed by atoms with Crippen LogP contribution in [0.4, 0.5) is 0 Å². The predicted octanol–water partition coefficient (Wildman–Crippen LogP) is 1.61. The molecule has 0 amide bonds. The van der Waals surface area contributed by atoms with Crippen molar-refractivity contribution in [3.8, 4) is 0 Å². The average Bonchev–Trinajstić information content (AvgIpc) is 2.71. The van der Waals surface area contributed by atoms with E-state index in [1.165, 1.54) is 32.2 Å². The first-order valence-electron chi connectivity index (χ1n) is 7.15. The zero-order chi connectivity index (χ0) is 12.4. The summed E-state index contributed by atoms with van der Waals surface area (Å²) in [5.41, 5.74) is 0.0975. The Balaban J connectivity index is 1.87. The number of likely N-dealkylation sites (tertiary alicyclic amines) is 1. The summed E-state index contributed by atoms with van der Waals surface area (Å²) in [7, 11) is 2.07. The Morgan fingerprint density at radius 1 is 1.12 bits per heavy atom. The molecule has 0 atom stereocenters. The molecule has 2 fully saturated rings. The molecule has 3 nitrogen and oxygen atoms in total. The molecule has 3 heteroatoms. The van der Waals surface area contributed by atoms with Crippen molar-refractivity contribution in [1.29, 1.82) is 0 Å². The van der Waals surface area contributed by atoms with E-state index in [1.807, 2.05) is 6.92 Å². The summed E-state index contributed by atoms with van der Waals surface area (Å²) in [6.07, 6.45) is 7.41. The molecule has 1 aliphatic heterocycles. The highest BCUT2D eigenvalue weighted by atomic mass is 16.3. The van der Waals surface area contributed by atoms with Crippen molar-refractivity contribution in [1.82, 2.24) is 10.2 Å². The molecule has 0 aromatic rings. The molecule has 2 N–H and O–H groups in total. The van der Waals surface area contributed by atoms with Crippen LogP contribution < -0.4 is 5.32 Å². The zero-order valence-corrected chi connectivity index (χ0v) is 11.5. The first kappa shape index (κ1) is 13.3. The lowest BCUT2D eigenvalue weighted by Crippen LogP contribution is -2.48. The van der Waals surface area contributed by atoms with Gasteiger partial charge in [-0.3, -0.25) is 0 Å². The Kier molecular flexibility index (Phi) is 4.11. The fourth-order valence-corrected chi connectivity index (χ4v) is 3.56. The maximum atomic E-state index is 9.98. The van der Waals surface area contributed by atoms with Crippen molar-refractivity contribution < 1.29 is 5.11 Å². The summed E-state index contributed by atoms with van der Waals surface area (Å²) < 4.78 is 0. The van der Waals surface area contributed by atoms with E-state index in [2.05, 4.69) is 17.3 Å². The smallest absolute Gasteiger partial charge is 0.0644 e. The van der Waals surface area contributed by atoms with Crippen molar-refractivity contribution in [2.75, 3.05) is 33.2 Å². The Morgan fingerprint density at radius 2 is 1.71 bits per heavy atom. The van der Waals surface area contributed by atoms with E-state index in [9.17, 15) is 5.11 Å². The standard InChI is InChI=1S/C14H28N2O/c1-13(17)7-9-16(10-8-13)12-14(11-15-2)5-3-4-6-14/h15,17H,3-12H2,1-2H3. The van der Waals surface area contributed by atoms with E-state index >= 15 is 0 Å². The van der Waals surface area contributed by atoms with Crippen molar-refractivity contribution in [2.24, 2.45) is 5.41 Å². The molecule has 2 aliphatic rings. The molecule has 1 aliphatic carbocycles. The largest absolute Gasteiger partial charge is 0.390 e. The van der Waals surface area contributed by atoms with Crippen molar-refractivity contribution in [2.45, 2.75) is 51.0 Å². The summed E-state index contributed by atoms with van der Waals surface area (Å²) in [5.74, 6) is 0. The summed E-state index contributed by atoms with van der Waals surface area (Å²) in [6.45, 7) is 6.49. The molecule has 100 valence electrons. The van der Waals surface area contributed by atoms with E-state index in [0.717, 1.165) is 32.5 Å². The van der Waals surface area contributed by atoms with Crippen LogP contribution >= 0.6 is 0 Å². The molecule has 1 saturated carbocycles. The molecular formula is C14H28N2O. The van der Waals surface area contributed by atoms with Gasteiger partial charge in [-0.2, -0.15) is 0 Å². The van der Waals surface area contributed by atoms with Crippen LogP contribution in [0, 0.1) is 5.41 Å². The number of piperidine rings is 1. The molecule has 0 spiro atoms. The second-order valence-corrected chi connectivity index (χ2v) is 6.51. The molecule has 0 unspecified atom stereocenters. The van der Waals surface area contributed by atoms with Gasteiger partial charge < -0.3 is 15.3 Å². The highest BCUT2D eigenvalue weighted by molar-refractivity contribution is 4.91. The Labute approximate surface area is 106 Å². The van der Waals surface area contributed by atoms with Crippen molar-refractivity contribution in [3.05, 3.63) is 0 Å². The second kappa shape index (κ2) is 5.25. The Hall–Kier alpha value is -0.120. The minimum Gasteiger partial charge on any atom is -0.390 e. The van der Waals surface area contributed by atoms with E-state index in [4.69, 9.17) is 0 Å². The van der Waals surface area contributed by atoms with Crippen LogP contribution in [0.3, 0.4) is 0 Å². The first-order chi connectivity index (χ1) is 8.05. The molecule has 17 heavy (non-hydrogen) atoms. The monoisotopic (exact) mass is 240 g/mol. The van der Waals surface area contributed by atoms with Gasteiger partial charge in [0.2, 0.25) is 0 Å². The molecule has 2 rings (SSSR count). The molecule has 1 heterocycles. The summed E-state index contributed by atoms with van der Waals surface area (Å²) >= 11 is 0. The van der Waals surface area contributed by atoms with Crippen LogP contribution in [0.1, 0.15) is 45.4 Å². The highest BCUT2D eigenvalue weighted by Crippen LogP contribution is 2.39. The van der Waals surface area contributed by atoms with E-state index in [0.29, 0.717) is 5.41 Å². The molecule has 0 radical (unpaired) electrons. The van der Waals surface area contributed by atoms with Crippen LogP contribution in [0.5, 0.6) is 0 Å². The van der Waals surface area contributed by atoms with Gasteiger partial charge in [0, 0.05) is 26.2 Å². The number of hydrogen-bond acceptors (Lipinski definition) is 3. The number of nitrogens with zero attached hydrogens (tertiary/aromatic N) is 1. The normalized spacial score (nSPS) is 28.4. The fourth-order valence-electron chi connectivity index (χ4n) is 3.56. The third kappa shape index (κ3) is 3.43. The van der Waals surface area contributed by atoms with Gasteiger partial charge in [0.15, 0.2) is 0 Å². The van der Waals surface area contributed by atoms with Gasteiger partial charge in [0.25, 0.3) is 0 Å². The van der Waals surface area contributed by atoms with E-state index in [1.54, 1.807) is 0 Å². The fraction of sp³-hybridized carbons (Fsp3) is 1.00. The Morgan fingerprint density at radius 3 is 2.24 bits per heavy atom. The van der Waals surface area contributed by atoms with Crippen LogP contribution in [0.15, 0.2) is 0 Å².